The molecule has 1 aliphatic rings. The third kappa shape index (κ3) is 3.20. The fourth-order valence-electron chi connectivity index (χ4n) is 1.97. The van der Waals surface area contributed by atoms with Gasteiger partial charge in [0.1, 0.15) is 5.82 Å². The summed E-state index contributed by atoms with van der Waals surface area (Å²) in [5.74, 6) is -0.0577. The van der Waals surface area contributed by atoms with Crippen LogP contribution in [0.25, 0.3) is 0 Å². The summed E-state index contributed by atoms with van der Waals surface area (Å²) in [6.45, 7) is 1.27. The van der Waals surface area contributed by atoms with Gasteiger partial charge in [0, 0.05) is 32.4 Å². The highest BCUT2D eigenvalue weighted by Gasteiger charge is 2.26. The molecule has 0 unspecified atom stereocenters. The van der Waals surface area contributed by atoms with E-state index in [0.717, 1.165) is 6.26 Å². The molecule has 1 aliphatic heterocycles. The van der Waals surface area contributed by atoms with Crippen LogP contribution in [0.15, 0.2) is 12.3 Å². The van der Waals surface area contributed by atoms with Crippen molar-refractivity contribution >= 4 is 33.3 Å². The molecule has 110 valence electrons. The molecule has 0 bridgehead atoms. The SMILES string of the molecule is CS(=O)(=O)N1CCN(C(=O)c2cnc(N)c(Cl)c2)CC1. The van der Waals surface area contributed by atoms with Crippen molar-refractivity contribution in [2.75, 3.05) is 38.2 Å². The number of nitrogens with zero attached hydrogens (tertiary/aromatic N) is 3. The number of carbonyl (C=O) groups excluding carboxylic acids is 1. The van der Waals surface area contributed by atoms with Crippen LogP contribution < -0.4 is 5.73 Å². The summed E-state index contributed by atoms with van der Waals surface area (Å²) in [5.41, 5.74) is 5.84. The Hall–Kier alpha value is -1.38. The van der Waals surface area contributed by atoms with Gasteiger partial charge in [0.05, 0.1) is 16.8 Å². The minimum Gasteiger partial charge on any atom is -0.382 e. The molecule has 0 spiro atoms. The Morgan fingerprint density at radius 1 is 1.35 bits per heavy atom. The van der Waals surface area contributed by atoms with Crippen molar-refractivity contribution in [3.63, 3.8) is 0 Å². The van der Waals surface area contributed by atoms with Crippen LogP contribution >= 0.6 is 11.6 Å². The molecule has 1 aromatic rings. The number of nitrogens with two attached hydrogens (primary N) is 1. The topological polar surface area (TPSA) is 96.6 Å². The van der Waals surface area contributed by atoms with Gasteiger partial charge in [0.2, 0.25) is 10.0 Å². The molecule has 2 N–H and O–H groups in total. The molecule has 7 nitrogen and oxygen atoms in total. The molecule has 1 fully saturated rings. The van der Waals surface area contributed by atoms with Crippen molar-refractivity contribution in [3.8, 4) is 0 Å². The van der Waals surface area contributed by atoms with E-state index in [2.05, 4.69) is 4.98 Å². The maximum Gasteiger partial charge on any atom is 0.255 e. The summed E-state index contributed by atoms with van der Waals surface area (Å²) in [7, 11) is -3.21. The average Bonchev–Trinajstić information content (AvgIpc) is 2.40. The first-order valence-corrected chi connectivity index (χ1v) is 8.17. The van der Waals surface area contributed by atoms with Crippen LogP contribution in [0.4, 0.5) is 5.82 Å². The largest absolute Gasteiger partial charge is 0.382 e. The predicted octanol–water partition coefficient (Wildman–Crippen LogP) is 0.0346. The van der Waals surface area contributed by atoms with Crippen molar-refractivity contribution in [1.29, 1.82) is 0 Å². The van der Waals surface area contributed by atoms with Gasteiger partial charge in [-0.15, -0.1) is 0 Å². The summed E-state index contributed by atoms with van der Waals surface area (Å²) < 4.78 is 24.1. The molecule has 1 saturated heterocycles. The number of rotatable bonds is 2. The first-order chi connectivity index (χ1) is 9.29. The number of piperazine rings is 1. The number of aromatic nitrogens is 1. The highest BCUT2D eigenvalue weighted by Crippen LogP contribution is 2.18. The highest BCUT2D eigenvalue weighted by molar-refractivity contribution is 7.88. The highest BCUT2D eigenvalue weighted by atomic mass is 35.5. The molecule has 9 heteroatoms. The van der Waals surface area contributed by atoms with E-state index in [1.807, 2.05) is 0 Å². The quantitative estimate of drug-likeness (QED) is 0.830. The number of halogens is 1. The van der Waals surface area contributed by atoms with Crippen molar-refractivity contribution in [2.24, 2.45) is 0 Å². The second kappa shape index (κ2) is 5.55. The van der Waals surface area contributed by atoms with Crippen LogP contribution in [-0.4, -0.2) is 60.9 Å². The second-order valence-corrected chi connectivity index (χ2v) is 6.93. The zero-order valence-electron chi connectivity index (χ0n) is 10.9. The standard InChI is InChI=1S/C11H15ClN4O3S/c1-20(18,19)16-4-2-15(3-5-16)11(17)8-6-9(12)10(13)14-7-8/h6-7H,2-5H2,1H3,(H2,13,14). The zero-order chi connectivity index (χ0) is 14.9. The van der Waals surface area contributed by atoms with Gasteiger partial charge < -0.3 is 10.6 Å². The van der Waals surface area contributed by atoms with Crippen LogP contribution in [0.1, 0.15) is 10.4 Å². The van der Waals surface area contributed by atoms with Crippen LogP contribution in [0.3, 0.4) is 0 Å². The Morgan fingerprint density at radius 2 is 1.95 bits per heavy atom. The van der Waals surface area contributed by atoms with Crippen molar-refractivity contribution in [2.45, 2.75) is 0 Å². The minimum absolute atomic E-state index is 0.171. The van der Waals surface area contributed by atoms with Crippen molar-refractivity contribution in [3.05, 3.63) is 22.8 Å². The maximum atomic E-state index is 12.2. The lowest BCUT2D eigenvalue weighted by atomic mass is 10.2. The van der Waals surface area contributed by atoms with Gasteiger partial charge in [-0.1, -0.05) is 11.6 Å². The molecule has 2 heterocycles. The van der Waals surface area contributed by atoms with E-state index >= 15 is 0 Å². The summed E-state index contributed by atoms with van der Waals surface area (Å²) in [6, 6.07) is 1.47. The predicted molar refractivity (Wildman–Crippen MR) is 76.0 cm³/mol. The van der Waals surface area contributed by atoms with E-state index in [1.165, 1.54) is 16.6 Å². The van der Waals surface area contributed by atoms with E-state index in [-0.39, 0.29) is 16.7 Å². The lowest BCUT2D eigenvalue weighted by Gasteiger charge is -2.33. The number of amides is 1. The third-order valence-electron chi connectivity index (χ3n) is 3.11. The first kappa shape index (κ1) is 15.0. The average molecular weight is 319 g/mol. The lowest BCUT2D eigenvalue weighted by molar-refractivity contribution is 0.0698. The van der Waals surface area contributed by atoms with Crippen molar-refractivity contribution < 1.29 is 13.2 Å². The molecule has 1 amide bonds. The Labute approximate surface area is 122 Å². The van der Waals surface area contributed by atoms with Crippen LogP contribution in [0, 0.1) is 0 Å². The number of pyridine rings is 1. The van der Waals surface area contributed by atoms with Gasteiger partial charge in [0.25, 0.3) is 5.91 Å². The lowest BCUT2D eigenvalue weighted by Crippen LogP contribution is -2.50. The fourth-order valence-corrected chi connectivity index (χ4v) is 2.96. The third-order valence-corrected chi connectivity index (χ3v) is 4.72. The number of anilines is 1. The van der Waals surface area contributed by atoms with E-state index in [0.29, 0.717) is 31.7 Å². The summed E-state index contributed by atoms with van der Waals surface area (Å²) in [4.78, 5) is 17.7. The van der Waals surface area contributed by atoms with Crippen LogP contribution in [0.2, 0.25) is 5.02 Å². The molecular formula is C11H15ClN4O3S. The first-order valence-electron chi connectivity index (χ1n) is 5.94. The van der Waals surface area contributed by atoms with E-state index < -0.39 is 10.0 Å². The summed E-state index contributed by atoms with van der Waals surface area (Å²) in [5, 5.41) is 0.227. The molecule has 0 aliphatic carbocycles. The van der Waals surface area contributed by atoms with Gasteiger partial charge in [-0.05, 0) is 6.07 Å². The van der Waals surface area contributed by atoms with Gasteiger partial charge in [-0.2, -0.15) is 4.31 Å². The van der Waals surface area contributed by atoms with E-state index in [1.54, 1.807) is 4.90 Å². The van der Waals surface area contributed by atoms with Crippen LogP contribution in [0.5, 0.6) is 0 Å². The van der Waals surface area contributed by atoms with E-state index in [9.17, 15) is 13.2 Å². The molecule has 20 heavy (non-hydrogen) atoms. The molecule has 0 aromatic carbocycles. The van der Waals surface area contributed by atoms with Gasteiger partial charge in [-0.3, -0.25) is 4.79 Å². The number of carbonyl (C=O) groups is 1. The number of hydrogen-bond donors (Lipinski definition) is 1. The Morgan fingerprint density at radius 3 is 2.45 bits per heavy atom. The second-order valence-electron chi connectivity index (χ2n) is 4.55. The summed E-state index contributed by atoms with van der Waals surface area (Å²) >= 11 is 5.83. The maximum absolute atomic E-state index is 12.2. The smallest absolute Gasteiger partial charge is 0.255 e. The normalized spacial score (nSPS) is 17.2. The molecular weight excluding hydrogens is 304 g/mol. The van der Waals surface area contributed by atoms with Gasteiger partial charge in [0.15, 0.2) is 0 Å². The number of nitrogen functional groups attached to an aromatic ring is 1. The Balaban J connectivity index is 2.07. The van der Waals surface area contributed by atoms with E-state index in [4.69, 9.17) is 17.3 Å². The molecule has 2 rings (SSSR count). The zero-order valence-corrected chi connectivity index (χ0v) is 12.5. The molecule has 0 atom stereocenters. The number of hydrogen-bond acceptors (Lipinski definition) is 5. The monoisotopic (exact) mass is 318 g/mol. The van der Waals surface area contributed by atoms with Gasteiger partial charge in [-0.25, -0.2) is 13.4 Å². The molecule has 0 saturated carbocycles. The van der Waals surface area contributed by atoms with Crippen molar-refractivity contribution in [1.82, 2.24) is 14.2 Å². The molecule has 1 aromatic heterocycles. The molecule has 0 radical (unpaired) electrons. The Kier molecular flexibility index (Phi) is 4.17. The fraction of sp³-hybridized carbons (Fsp3) is 0.455. The van der Waals surface area contributed by atoms with Gasteiger partial charge >= 0.3 is 0 Å². The van der Waals surface area contributed by atoms with Crippen LogP contribution in [-0.2, 0) is 10.0 Å². The minimum atomic E-state index is -3.21. The Bertz CT molecular complexity index is 627. The summed E-state index contributed by atoms with van der Waals surface area (Å²) in [6.07, 6.45) is 2.53. The number of sulfonamides is 1.